The van der Waals surface area contributed by atoms with Gasteiger partial charge in [0.05, 0.1) is 11.6 Å². The van der Waals surface area contributed by atoms with Crippen LogP contribution in [0.3, 0.4) is 0 Å². The third kappa shape index (κ3) is 2.72. The first-order valence-electron chi connectivity index (χ1n) is 7.51. The van der Waals surface area contributed by atoms with E-state index in [-0.39, 0.29) is 17.8 Å². The quantitative estimate of drug-likeness (QED) is 0.534. The fourth-order valence-electron chi connectivity index (χ4n) is 3.11. The normalized spacial score (nSPS) is 16.9. The Morgan fingerprint density at radius 1 is 1.21 bits per heavy atom. The van der Waals surface area contributed by atoms with Crippen LogP contribution in [0, 0.1) is 5.82 Å². The molecule has 1 aliphatic rings. The highest BCUT2D eigenvalue weighted by atomic mass is 79.9. The van der Waals surface area contributed by atoms with E-state index in [2.05, 4.69) is 33.4 Å². The zero-order chi connectivity index (χ0) is 16.7. The molecule has 3 heterocycles. The first-order valence-corrected chi connectivity index (χ1v) is 10.1. The minimum Gasteiger partial charge on any atom is -0.326 e. The summed E-state index contributed by atoms with van der Waals surface area (Å²) in [4.78, 5) is 17.5. The Kier molecular flexibility index (Phi) is 4.28. The van der Waals surface area contributed by atoms with Crippen molar-refractivity contribution < 1.29 is 9.18 Å². The molecule has 1 atom stereocenters. The van der Waals surface area contributed by atoms with Crippen LogP contribution >= 0.6 is 38.6 Å². The molecule has 6 heteroatoms. The molecule has 0 N–H and O–H groups in total. The minimum absolute atomic E-state index is 0.0653. The summed E-state index contributed by atoms with van der Waals surface area (Å²) in [5.74, 6) is -0.427. The highest BCUT2D eigenvalue weighted by molar-refractivity contribution is 9.10. The molecule has 1 aliphatic heterocycles. The van der Waals surface area contributed by atoms with Gasteiger partial charge in [-0.2, -0.15) is 0 Å². The van der Waals surface area contributed by atoms with Gasteiger partial charge in [0.15, 0.2) is 0 Å². The van der Waals surface area contributed by atoms with Gasteiger partial charge < -0.3 is 4.90 Å². The van der Waals surface area contributed by atoms with Gasteiger partial charge >= 0.3 is 0 Å². The molecule has 0 spiro atoms. The maximum absolute atomic E-state index is 13.4. The van der Waals surface area contributed by atoms with Gasteiger partial charge in [0, 0.05) is 20.8 Å². The summed E-state index contributed by atoms with van der Waals surface area (Å²) in [5.41, 5.74) is 1.71. The standard InChI is InChI=1S/C18H13BrFNOS2/c19-14-10-11(20)3-4-12(14)18(22)21-7-5-15-13(6-9-24-15)17(21)16-2-1-8-23-16/h1-4,6,8-10,17H,5,7H2. The molecule has 0 aliphatic carbocycles. The maximum atomic E-state index is 13.4. The maximum Gasteiger partial charge on any atom is 0.255 e. The summed E-state index contributed by atoms with van der Waals surface area (Å²) in [5, 5.41) is 4.12. The second kappa shape index (κ2) is 6.43. The summed E-state index contributed by atoms with van der Waals surface area (Å²) in [6, 6.07) is 10.4. The van der Waals surface area contributed by atoms with Crippen LogP contribution in [0.5, 0.6) is 0 Å². The second-order valence-electron chi connectivity index (χ2n) is 5.59. The van der Waals surface area contributed by atoms with E-state index in [4.69, 9.17) is 0 Å². The number of fused-ring (bicyclic) bond motifs is 1. The van der Waals surface area contributed by atoms with E-state index in [9.17, 15) is 9.18 Å². The lowest BCUT2D eigenvalue weighted by Crippen LogP contribution is -2.39. The van der Waals surface area contributed by atoms with Crippen molar-refractivity contribution in [1.29, 1.82) is 0 Å². The fourth-order valence-corrected chi connectivity index (χ4v) is 5.39. The molecule has 2 nitrogen and oxygen atoms in total. The smallest absolute Gasteiger partial charge is 0.255 e. The highest BCUT2D eigenvalue weighted by Crippen LogP contribution is 2.40. The molecule has 0 saturated heterocycles. The summed E-state index contributed by atoms with van der Waals surface area (Å²) in [6.07, 6.45) is 0.861. The van der Waals surface area contributed by atoms with Crippen molar-refractivity contribution in [3.05, 3.63) is 78.3 Å². The van der Waals surface area contributed by atoms with E-state index in [1.165, 1.54) is 22.6 Å². The number of carbonyl (C=O) groups excluding carboxylic acids is 1. The third-order valence-corrected chi connectivity index (χ3v) is 6.78. The molecule has 0 bridgehead atoms. The number of carbonyl (C=O) groups is 1. The van der Waals surface area contributed by atoms with Gasteiger partial charge in [0.2, 0.25) is 0 Å². The molecule has 1 aromatic carbocycles. The fraction of sp³-hybridized carbons (Fsp3) is 0.167. The van der Waals surface area contributed by atoms with Crippen molar-refractivity contribution in [2.45, 2.75) is 12.5 Å². The number of rotatable bonds is 2. The molecule has 0 saturated carbocycles. The Hall–Kier alpha value is -1.50. The van der Waals surface area contributed by atoms with E-state index < -0.39 is 0 Å². The van der Waals surface area contributed by atoms with Crippen molar-refractivity contribution >= 4 is 44.5 Å². The highest BCUT2D eigenvalue weighted by Gasteiger charge is 2.34. The van der Waals surface area contributed by atoms with Crippen LogP contribution in [-0.4, -0.2) is 17.4 Å². The van der Waals surface area contributed by atoms with E-state index in [1.54, 1.807) is 28.7 Å². The van der Waals surface area contributed by atoms with E-state index in [0.29, 0.717) is 16.6 Å². The average Bonchev–Trinajstić information content (AvgIpc) is 3.24. The summed E-state index contributed by atoms with van der Waals surface area (Å²) >= 11 is 6.73. The second-order valence-corrected chi connectivity index (χ2v) is 8.42. The SMILES string of the molecule is O=C(c1ccc(F)cc1Br)N1CCc2sccc2C1c1cccs1. The zero-order valence-electron chi connectivity index (χ0n) is 12.5. The molecule has 0 fully saturated rings. The van der Waals surface area contributed by atoms with Crippen molar-refractivity contribution in [3.8, 4) is 0 Å². The number of halogens is 2. The summed E-state index contributed by atoms with van der Waals surface area (Å²) < 4.78 is 13.9. The van der Waals surface area contributed by atoms with Crippen LogP contribution in [0.25, 0.3) is 0 Å². The van der Waals surface area contributed by atoms with Gasteiger partial charge in [-0.3, -0.25) is 4.79 Å². The number of benzene rings is 1. The van der Waals surface area contributed by atoms with E-state index in [0.717, 1.165) is 11.3 Å². The minimum atomic E-state index is -0.355. The first kappa shape index (κ1) is 16.0. The van der Waals surface area contributed by atoms with E-state index in [1.807, 2.05) is 16.3 Å². The predicted molar refractivity (Wildman–Crippen MR) is 99.3 cm³/mol. The van der Waals surface area contributed by atoms with Gasteiger partial charge in [-0.15, -0.1) is 22.7 Å². The number of thiophene rings is 2. The molecule has 3 aromatic rings. The van der Waals surface area contributed by atoms with Gasteiger partial charge in [-0.05, 0) is 69.0 Å². The number of amides is 1. The summed E-state index contributed by atoms with van der Waals surface area (Å²) in [7, 11) is 0. The molecule has 0 radical (unpaired) electrons. The lowest BCUT2D eigenvalue weighted by atomic mass is 9.97. The van der Waals surface area contributed by atoms with Crippen LogP contribution < -0.4 is 0 Å². The largest absolute Gasteiger partial charge is 0.326 e. The van der Waals surface area contributed by atoms with Gasteiger partial charge in [0.1, 0.15) is 5.82 Å². The molecule has 2 aromatic heterocycles. The molecule has 24 heavy (non-hydrogen) atoms. The lowest BCUT2D eigenvalue weighted by Gasteiger charge is -2.35. The van der Waals surface area contributed by atoms with Crippen LogP contribution in [0.1, 0.15) is 31.7 Å². The lowest BCUT2D eigenvalue weighted by molar-refractivity contribution is 0.0698. The number of nitrogens with zero attached hydrogens (tertiary/aromatic N) is 1. The van der Waals surface area contributed by atoms with Crippen molar-refractivity contribution in [2.24, 2.45) is 0 Å². The van der Waals surface area contributed by atoms with E-state index >= 15 is 0 Å². The van der Waals surface area contributed by atoms with Crippen LogP contribution in [0.15, 0.2) is 51.6 Å². The van der Waals surface area contributed by atoms with Gasteiger partial charge in [0.25, 0.3) is 5.91 Å². The van der Waals surface area contributed by atoms with Crippen molar-refractivity contribution in [1.82, 2.24) is 4.90 Å². The van der Waals surface area contributed by atoms with Gasteiger partial charge in [-0.1, -0.05) is 6.07 Å². The van der Waals surface area contributed by atoms with Gasteiger partial charge in [-0.25, -0.2) is 4.39 Å². The predicted octanol–water partition coefficient (Wildman–Crippen LogP) is 5.50. The summed E-state index contributed by atoms with van der Waals surface area (Å²) in [6.45, 7) is 0.665. The molecule has 1 amide bonds. The molecule has 4 rings (SSSR count). The molecular weight excluding hydrogens is 409 g/mol. The Morgan fingerprint density at radius 3 is 2.83 bits per heavy atom. The molecular formula is C18H13BrFNOS2. The zero-order valence-corrected chi connectivity index (χ0v) is 15.8. The Balaban J connectivity index is 1.77. The Bertz CT molecular complexity index is 890. The Labute approximate surface area is 155 Å². The van der Waals surface area contributed by atoms with Crippen LogP contribution in [-0.2, 0) is 6.42 Å². The van der Waals surface area contributed by atoms with Crippen LogP contribution in [0.4, 0.5) is 4.39 Å². The average molecular weight is 422 g/mol. The number of hydrogen-bond acceptors (Lipinski definition) is 3. The molecule has 1 unspecified atom stereocenters. The monoisotopic (exact) mass is 421 g/mol. The number of hydrogen-bond donors (Lipinski definition) is 0. The first-order chi connectivity index (χ1) is 11.6. The van der Waals surface area contributed by atoms with Crippen molar-refractivity contribution in [3.63, 3.8) is 0 Å². The topological polar surface area (TPSA) is 20.3 Å². The Morgan fingerprint density at radius 2 is 2.08 bits per heavy atom. The third-order valence-electron chi connectivity index (χ3n) is 4.20. The van der Waals surface area contributed by atoms with Crippen molar-refractivity contribution in [2.75, 3.05) is 6.54 Å². The van der Waals surface area contributed by atoms with Crippen LogP contribution in [0.2, 0.25) is 0 Å². The molecule has 122 valence electrons.